The van der Waals surface area contributed by atoms with Crippen LogP contribution in [0, 0.1) is 0 Å². The summed E-state index contributed by atoms with van der Waals surface area (Å²) in [7, 11) is 0. The molecule has 0 aliphatic heterocycles. The summed E-state index contributed by atoms with van der Waals surface area (Å²) in [6.45, 7) is 0. The van der Waals surface area contributed by atoms with Gasteiger partial charge in [-0.3, -0.25) is 0 Å². The average molecular weight is 140 g/mol. The molecule has 1 unspecified atom stereocenters. The number of fused-ring (bicyclic) bond motifs is 1. The standard InChI is InChI=1S/C7H8OS/c8-6-1-2-7-5(6)3-4-9-7/h3-4,6,8H,1-2H2. The molecule has 48 valence electrons. The molecule has 0 aromatic carbocycles. The fraction of sp³-hybridized carbons (Fsp3) is 0.429. The molecule has 1 aromatic heterocycles. The molecule has 0 spiro atoms. The Kier molecular flexibility index (Phi) is 1.10. The molecule has 0 amide bonds. The summed E-state index contributed by atoms with van der Waals surface area (Å²) in [6, 6.07) is 2.03. The van der Waals surface area contributed by atoms with Crippen LogP contribution in [0.5, 0.6) is 0 Å². The van der Waals surface area contributed by atoms with Crippen molar-refractivity contribution in [2.24, 2.45) is 0 Å². The van der Waals surface area contributed by atoms with Crippen molar-refractivity contribution in [3.63, 3.8) is 0 Å². The SMILES string of the molecule is OC1CCc2sccc21. The topological polar surface area (TPSA) is 20.2 Å². The molecule has 1 aliphatic rings. The van der Waals surface area contributed by atoms with Gasteiger partial charge >= 0.3 is 0 Å². The van der Waals surface area contributed by atoms with E-state index in [1.54, 1.807) is 11.3 Å². The van der Waals surface area contributed by atoms with E-state index in [-0.39, 0.29) is 6.10 Å². The maximum Gasteiger partial charge on any atom is 0.0804 e. The molecule has 9 heavy (non-hydrogen) atoms. The number of aliphatic hydroxyl groups is 1. The first kappa shape index (κ1) is 5.45. The third-order valence-electron chi connectivity index (χ3n) is 1.78. The normalized spacial score (nSPS) is 24.3. The molecular weight excluding hydrogens is 132 g/mol. The number of rotatable bonds is 0. The lowest BCUT2D eigenvalue weighted by molar-refractivity contribution is 0.180. The van der Waals surface area contributed by atoms with E-state index in [2.05, 4.69) is 0 Å². The third-order valence-corrected chi connectivity index (χ3v) is 2.78. The highest BCUT2D eigenvalue weighted by Crippen LogP contribution is 2.34. The number of thiophene rings is 1. The predicted molar refractivity (Wildman–Crippen MR) is 37.6 cm³/mol. The van der Waals surface area contributed by atoms with Crippen molar-refractivity contribution in [2.75, 3.05) is 0 Å². The zero-order chi connectivity index (χ0) is 6.27. The molecule has 0 radical (unpaired) electrons. The average Bonchev–Trinajstić information content (AvgIpc) is 2.35. The van der Waals surface area contributed by atoms with Crippen molar-refractivity contribution >= 4 is 11.3 Å². The Morgan fingerprint density at radius 2 is 2.56 bits per heavy atom. The molecule has 2 heteroatoms. The van der Waals surface area contributed by atoms with Crippen LogP contribution in [0.15, 0.2) is 11.4 Å². The lowest BCUT2D eigenvalue weighted by atomic mass is 10.2. The van der Waals surface area contributed by atoms with Crippen LogP contribution in [0.3, 0.4) is 0 Å². The smallest absolute Gasteiger partial charge is 0.0804 e. The van der Waals surface area contributed by atoms with Gasteiger partial charge in [-0.25, -0.2) is 0 Å². The molecule has 0 saturated carbocycles. The van der Waals surface area contributed by atoms with Gasteiger partial charge in [0.1, 0.15) is 0 Å². The van der Waals surface area contributed by atoms with Gasteiger partial charge in [-0.1, -0.05) is 0 Å². The van der Waals surface area contributed by atoms with Crippen LogP contribution in [0.4, 0.5) is 0 Å². The van der Waals surface area contributed by atoms with Gasteiger partial charge in [-0.2, -0.15) is 0 Å². The minimum atomic E-state index is -0.161. The van der Waals surface area contributed by atoms with E-state index in [9.17, 15) is 5.11 Å². The van der Waals surface area contributed by atoms with Crippen molar-refractivity contribution in [3.05, 3.63) is 21.9 Å². The fourth-order valence-electron chi connectivity index (χ4n) is 1.27. The molecule has 1 heterocycles. The van der Waals surface area contributed by atoms with Crippen molar-refractivity contribution < 1.29 is 5.11 Å². The highest BCUT2D eigenvalue weighted by atomic mass is 32.1. The second kappa shape index (κ2) is 1.82. The minimum Gasteiger partial charge on any atom is -0.388 e. The van der Waals surface area contributed by atoms with Gasteiger partial charge in [-0.05, 0) is 29.9 Å². The summed E-state index contributed by atoms with van der Waals surface area (Å²) < 4.78 is 0. The number of hydrogen-bond donors (Lipinski definition) is 1. The molecule has 0 saturated heterocycles. The maximum absolute atomic E-state index is 9.28. The van der Waals surface area contributed by atoms with E-state index in [1.807, 2.05) is 11.4 Å². The minimum absolute atomic E-state index is 0.161. The maximum atomic E-state index is 9.28. The Labute approximate surface area is 58.0 Å². The summed E-state index contributed by atoms with van der Waals surface area (Å²) in [6.07, 6.45) is 1.85. The van der Waals surface area contributed by atoms with Gasteiger partial charge in [0.2, 0.25) is 0 Å². The molecule has 0 fully saturated rings. The van der Waals surface area contributed by atoms with Gasteiger partial charge in [-0.15, -0.1) is 11.3 Å². The summed E-state index contributed by atoms with van der Waals surface area (Å²) in [5, 5.41) is 11.3. The first-order valence-corrected chi connectivity index (χ1v) is 4.00. The van der Waals surface area contributed by atoms with E-state index >= 15 is 0 Å². The van der Waals surface area contributed by atoms with Gasteiger partial charge in [0.25, 0.3) is 0 Å². The number of hydrogen-bond acceptors (Lipinski definition) is 2. The van der Waals surface area contributed by atoms with Crippen LogP contribution in [-0.2, 0) is 6.42 Å². The highest BCUT2D eigenvalue weighted by Gasteiger charge is 2.20. The summed E-state index contributed by atoms with van der Waals surface area (Å²) in [4.78, 5) is 1.38. The fourth-order valence-corrected chi connectivity index (χ4v) is 2.23. The van der Waals surface area contributed by atoms with Crippen molar-refractivity contribution in [3.8, 4) is 0 Å². The van der Waals surface area contributed by atoms with Crippen LogP contribution < -0.4 is 0 Å². The first-order chi connectivity index (χ1) is 4.38. The summed E-state index contributed by atoms with van der Waals surface area (Å²) in [5.74, 6) is 0. The Morgan fingerprint density at radius 3 is 3.33 bits per heavy atom. The lowest BCUT2D eigenvalue weighted by Crippen LogP contribution is -1.86. The zero-order valence-corrected chi connectivity index (χ0v) is 5.82. The van der Waals surface area contributed by atoms with Crippen LogP contribution in [0.1, 0.15) is 23.0 Å². The lowest BCUT2D eigenvalue weighted by Gasteiger charge is -1.95. The monoisotopic (exact) mass is 140 g/mol. The van der Waals surface area contributed by atoms with E-state index in [1.165, 1.54) is 10.4 Å². The Morgan fingerprint density at radius 1 is 1.67 bits per heavy atom. The van der Waals surface area contributed by atoms with Crippen molar-refractivity contribution in [2.45, 2.75) is 18.9 Å². The molecule has 1 aliphatic carbocycles. The Hall–Kier alpha value is -0.340. The molecule has 1 nitrogen and oxygen atoms in total. The van der Waals surface area contributed by atoms with Gasteiger partial charge in [0.05, 0.1) is 6.10 Å². The third kappa shape index (κ3) is 0.705. The van der Waals surface area contributed by atoms with Crippen molar-refractivity contribution in [1.29, 1.82) is 0 Å². The van der Waals surface area contributed by atoms with E-state index in [4.69, 9.17) is 0 Å². The van der Waals surface area contributed by atoms with E-state index in [0.29, 0.717) is 0 Å². The largest absolute Gasteiger partial charge is 0.388 e. The van der Waals surface area contributed by atoms with Crippen LogP contribution in [-0.4, -0.2) is 5.11 Å². The van der Waals surface area contributed by atoms with Crippen LogP contribution in [0.2, 0.25) is 0 Å². The highest BCUT2D eigenvalue weighted by molar-refractivity contribution is 7.10. The molecule has 1 N–H and O–H groups in total. The number of aryl methyl sites for hydroxylation is 1. The predicted octanol–water partition coefficient (Wildman–Crippen LogP) is 1.73. The number of aliphatic hydroxyl groups excluding tert-OH is 1. The summed E-state index contributed by atoms with van der Waals surface area (Å²) >= 11 is 1.76. The quantitative estimate of drug-likeness (QED) is 0.582. The van der Waals surface area contributed by atoms with Crippen LogP contribution in [0.25, 0.3) is 0 Å². The Bertz CT molecular complexity index is 216. The molecule has 2 rings (SSSR count). The Balaban J connectivity index is 2.49. The molecular formula is C7H8OS. The van der Waals surface area contributed by atoms with Crippen molar-refractivity contribution in [1.82, 2.24) is 0 Å². The first-order valence-electron chi connectivity index (χ1n) is 3.12. The summed E-state index contributed by atoms with van der Waals surface area (Å²) in [5.41, 5.74) is 1.17. The zero-order valence-electron chi connectivity index (χ0n) is 5.00. The molecule has 1 atom stereocenters. The van der Waals surface area contributed by atoms with E-state index < -0.39 is 0 Å². The second-order valence-corrected chi connectivity index (χ2v) is 3.35. The van der Waals surface area contributed by atoms with Gasteiger partial charge in [0, 0.05) is 4.88 Å². The van der Waals surface area contributed by atoms with Crippen LogP contribution >= 0.6 is 11.3 Å². The second-order valence-electron chi connectivity index (χ2n) is 2.35. The van der Waals surface area contributed by atoms with Gasteiger partial charge in [0.15, 0.2) is 0 Å². The molecule has 0 bridgehead atoms. The molecule has 1 aromatic rings. The van der Waals surface area contributed by atoms with Gasteiger partial charge < -0.3 is 5.11 Å². The van der Waals surface area contributed by atoms with E-state index in [0.717, 1.165) is 12.8 Å².